The molecule has 3 rings (SSSR count). The molecule has 2 aromatic carbocycles. The van der Waals surface area contributed by atoms with E-state index in [0.717, 1.165) is 28.8 Å². The Morgan fingerprint density at radius 3 is 2.58 bits per heavy atom. The van der Waals surface area contributed by atoms with Crippen LogP contribution < -0.4 is 0 Å². The summed E-state index contributed by atoms with van der Waals surface area (Å²) in [5.74, 6) is 0. The molecule has 0 N–H and O–H groups in total. The van der Waals surface area contributed by atoms with Crippen LogP contribution in [0.2, 0.25) is 0 Å². The molecule has 0 saturated heterocycles. The van der Waals surface area contributed by atoms with Gasteiger partial charge in [-0.3, -0.25) is 0 Å². The fourth-order valence-corrected chi connectivity index (χ4v) is 2.39. The van der Waals surface area contributed by atoms with Gasteiger partial charge >= 0.3 is 6.18 Å². The predicted molar refractivity (Wildman–Crippen MR) is 93.2 cm³/mol. The standard InChI is InChI=1S/C19H16F3N3O/c1-2-26-24-11-14-4-3-5-15(10-14)16-12-23-25(13-16)18-8-6-17(7-9-18)19(20,21)22/h3-13H,2H2,1H3/b24-11+. The summed E-state index contributed by atoms with van der Waals surface area (Å²) < 4.78 is 39.5. The Balaban J connectivity index is 1.83. The lowest BCUT2D eigenvalue weighted by Gasteiger charge is -2.07. The largest absolute Gasteiger partial charge is 0.416 e. The molecular weight excluding hydrogens is 343 g/mol. The molecule has 0 saturated carbocycles. The van der Waals surface area contributed by atoms with Crippen LogP contribution in [0.15, 0.2) is 66.1 Å². The van der Waals surface area contributed by atoms with Crippen LogP contribution in [0.3, 0.4) is 0 Å². The fraction of sp³-hybridized carbons (Fsp3) is 0.158. The molecule has 0 aliphatic rings. The number of oxime groups is 1. The van der Waals surface area contributed by atoms with Gasteiger partial charge < -0.3 is 4.84 Å². The summed E-state index contributed by atoms with van der Waals surface area (Å²) in [6.07, 6.45) is 0.697. The van der Waals surface area contributed by atoms with Crippen molar-refractivity contribution >= 4 is 6.21 Å². The smallest absolute Gasteiger partial charge is 0.396 e. The van der Waals surface area contributed by atoms with Gasteiger partial charge in [-0.1, -0.05) is 23.4 Å². The molecular formula is C19H16F3N3O. The van der Waals surface area contributed by atoms with E-state index < -0.39 is 11.7 Å². The van der Waals surface area contributed by atoms with Crippen molar-refractivity contribution in [1.29, 1.82) is 0 Å². The number of rotatable bonds is 5. The third-order valence-corrected chi connectivity index (χ3v) is 3.67. The Labute approximate surface area is 148 Å². The van der Waals surface area contributed by atoms with E-state index in [0.29, 0.717) is 12.3 Å². The highest BCUT2D eigenvalue weighted by Gasteiger charge is 2.30. The second-order valence-corrected chi connectivity index (χ2v) is 5.50. The molecule has 26 heavy (non-hydrogen) atoms. The Hall–Kier alpha value is -3.09. The third kappa shape index (κ3) is 4.11. The molecule has 1 heterocycles. The number of hydrogen-bond donors (Lipinski definition) is 0. The van der Waals surface area contributed by atoms with Crippen LogP contribution in [0, 0.1) is 0 Å². The molecule has 4 nitrogen and oxygen atoms in total. The van der Waals surface area contributed by atoms with Crippen molar-refractivity contribution < 1.29 is 18.0 Å². The Kier molecular flexibility index (Phi) is 5.06. The van der Waals surface area contributed by atoms with Gasteiger partial charge in [0.2, 0.25) is 0 Å². The lowest BCUT2D eigenvalue weighted by molar-refractivity contribution is -0.137. The van der Waals surface area contributed by atoms with E-state index in [1.54, 1.807) is 18.6 Å². The van der Waals surface area contributed by atoms with Crippen molar-refractivity contribution in [3.05, 3.63) is 72.1 Å². The molecule has 0 bridgehead atoms. The van der Waals surface area contributed by atoms with Crippen molar-refractivity contribution in [1.82, 2.24) is 9.78 Å². The number of nitrogens with zero attached hydrogens (tertiary/aromatic N) is 3. The van der Waals surface area contributed by atoms with Gasteiger partial charge in [0.1, 0.15) is 6.61 Å². The first-order valence-electron chi connectivity index (χ1n) is 7.95. The number of alkyl halides is 3. The van der Waals surface area contributed by atoms with Crippen molar-refractivity contribution in [2.75, 3.05) is 6.61 Å². The summed E-state index contributed by atoms with van der Waals surface area (Å²) in [6, 6.07) is 12.5. The average molecular weight is 359 g/mol. The molecule has 0 atom stereocenters. The van der Waals surface area contributed by atoms with Gasteiger partial charge in [-0.2, -0.15) is 18.3 Å². The predicted octanol–water partition coefficient (Wildman–Crippen LogP) is 4.93. The van der Waals surface area contributed by atoms with Gasteiger partial charge in [0.15, 0.2) is 0 Å². The molecule has 0 amide bonds. The zero-order chi connectivity index (χ0) is 18.6. The van der Waals surface area contributed by atoms with Crippen molar-refractivity contribution in [3.63, 3.8) is 0 Å². The number of hydrogen-bond acceptors (Lipinski definition) is 3. The minimum atomic E-state index is -4.35. The summed E-state index contributed by atoms with van der Waals surface area (Å²) in [7, 11) is 0. The molecule has 1 aromatic heterocycles. The van der Waals surface area contributed by atoms with Gasteiger partial charge in [0.25, 0.3) is 0 Å². The number of halogens is 3. The molecule has 0 spiro atoms. The van der Waals surface area contributed by atoms with E-state index in [1.165, 1.54) is 16.8 Å². The minimum Gasteiger partial charge on any atom is -0.396 e. The van der Waals surface area contributed by atoms with Crippen LogP contribution in [-0.2, 0) is 11.0 Å². The average Bonchev–Trinajstić information content (AvgIpc) is 3.12. The van der Waals surface area contributed by atoms with E-state index in [2.05, 4.69) is 10.3 Å². The molecule has 0 aliphatic carbocycles. The zero-order valence-corrected chi connectivity index (χ0v) is 13.9. The summed E-state index contributed by atoms with van der Waals surface area (Å²) in [5, 5.41) is 8.07. The first kappa shape index (κ1) is 17.7. The maximum absolute atomic E-state index is 12.7. The highest BCUT2D eigenvalue weighted by molar-refractivity contribution is 5.82. The van der Waals surface area contributed by atoms with E-state index in [1.807, 2.05) is 31.2 Å². The van der Waals surface area contributed by atoms with Gasteiger partial charge in [0, 0.05) is 11.8 Å². The highest BCUT2D eigenvalue weighted by Crippen LogP contribution is 2.29. The van der Waals surface area contributed by atoms with Crippen LogP contribution in [0.1, 0.15) is 18.1 Å². The van der Waals surface area contributed by atoms with Gasteiger partial charge in [0.05, 0.1) is 23.7 Å². The molecule has 3 aromatic rings. The second kappa shape index (κ2) is 7.43. The summed E-state index contributed by atoms with van der Waals surface area (Å²) >= 11 is 0. The second-order valence-electron chi connectivity index (χ2n) is 5.50. The summed E-state index contributed by atoms with van der Waals surface area (Å²) in [6.45, 7) is 2.35. The van der Waals surface area contributed by atoms with Crippen LogP contribution in [0.4, 0.5) is 13.2 Å². The maximum atomic E-state index is 12.7. The van der Waals surface area contributed by atoms with Gasteiger partial charge in [-0.05, 0) is 48.4 Å². The van der Waals surface area contributed by atoms with Crippen LogP contribution >= 0.6 is 0 Å². The number of aromatic nitrogens is 2. The molecule has 0 radical (unpaired) electrons. The molecule has 0 fully saturated rings. The van der Waals surface area contributed by atoms with Crippen LogP contribution in [0.25, 0.3) is 16.8 Å². The lowest BCUT2D eigenvalue weighted by Crippen LogP contribution is -2.05. The quantitative estimate of drug-likeness (QED) is 0.479. The van der Waals surface area contributed by atoms with E-state index >= 15 is 0 Å². The Morgan fingerprint density at radius 2 is 1.88 bits per heavy atom. The van der Waals surface area contributed by atoms with Crippen molar-refractivity contribution in [2.24, 2.45) is 5.16 Å². The SMILES string of the molecule is CCO/N=C/c1cccc(-c2cnn(-c3ccc(C(F)(F)F)cc3)c2)c1. The first-order valence-corrected chi connectivity index (χ1v) is 7.95. The summed E-state index contributed by atoms with van der Waals surface area (Å²) in [5.41, 5.74) is 2.51. The monoisotopic (exact) mass is 359 g/mol. The topological polar surface area (TPSA) is 39.4 Å². The molecule has 134 valence electrons. The number of benzene rings is 2. The van der Waals surface area contributed by atoms with Gasteiger partial charge in [-0.25, -0.2) is 4.68 Å². The minimum absolute atomic E-state index is 0.496. The summed E-state index contributed by atoms with van der Waals surface area (Å²) in [4.78, 5) is 4.95. The van der Waals surface area contributed by atoms with E-state index in [9.17, 15) is 13.2 Å². The third-order valence-electron chi connectivity index (χ3n) is 3.67. The Bertz CT molecular complexity index is 899. The van der Waals surface area contributed by atoms with Crippen molar-refractivity contribution in [3.8, 4) is 16.8 Å². The van der Waals surface area contributed by atoms with Crippen LogP contribution in [-0.4, -0.2) is 22.6 Å². The first-order chi connectivity index (χ1) is 12.5. The lowest BCUT2D eigenvalue weighted by atomic mass is 10.1. The normalized spacial score (nSPS) is 11.8. The fourth-order valence-electron chi connectivity index (χ4n) is 2.39. The Morgan fingerprint density at radius 1 is 1.12 bits per heavy atom. The maximum Gasteiger partial charge on any atom is 0.416 e. The van der Waals surface area contributed by atoms with Crippen molar-refractivity contribution in [2.45, 2.75) is 13.1 Å². The molecule has 0 unspecified atom stereocenters. The zero-order valence-electron chi connectivity index (χ0n) is 13.9. The van der Waals surface area contributed by atoms with Gasteiger partial charge in [-0.15, -0.1) is 0 Å². The molecule has 0 aliphatic heterocycles. The van der Waals surface area contributed by atoms with E-state index in [4.69, 9.17) is 4.84 Å². The molecule has 7 heteroatoms. The van der Waals surface area contributed by atoms with E-state index in [-0.39, 0.29) is 0 Å². The highest BCUT2D eigenvalue weighted by atomic mass is 19.4. The van der Waals surface area contributed by atoms with Crippen LogP contribution in [0.5, 0.6) is 0 Å².